The van der Waals surface area contributed by atoms with Gasteiger partial charge in [0.2, 0.25) is 0 Å². The summed E-state index contributed by atoms with van der Waals surface area (Å²) in [4.78, 5) is 12.8. The van der Waals surface area contributed by atoms with E-state index in [1.807, 2.05) is 0 Å². The molecule has 2 heterocycles. The first-order valence-electron chi connectivity index (χ1n) is 18.6. The summed E-state index contributed by atoms with van der Waals surface area (Å²) in [6.07, 6.45) is 12.6. The largest absolute Gasteiger partial charge is 0.481 e. The molecule has 0 unspecified atom stereocenters. The Morgan fingerprint density at radius 1 is 0.711 bits per heavy atom. The van der Waals surface area contributed by atoms with Crippen LogP contribution in [0.5, 0.6) is 0 Å². The van der Waals surface area contributed by atoms with Crippen molar-refractivity contribution in [1.82, 2.24) is 21.3 Å². The molecular weight excluding hydrogens is 560 g/mol. The Bertz CT molecular complexity index is 1050. The molecule has 4 saturated carbocycles. The predicted octanol–water partition coefficient (Wildman–Crippen LogP) is 5.59. The first-order valence-corrected chi connectivity index (χ1v) is 18.6. The van der Waals surface area contributed by atoms with Crippen LogP contribution in [0, 0.1) is 50.2 Å². The van der Waals surface area contributed by atoms with E-state index < -0.39 is 11.4 Å². The predicted molar refractivity (Wildman–Crippen MR) is 184 cm³/mol. The molecule has 45 heavy (non-hydrogen) atoms. The highest BCUT2D eigenvalue weighted by molar-refractivity contribution is 5.76. The summed E-state index contributed by atoms with van der Waals surface area (Å²) in [5.74, 6) is 0.807. The number of aliphatic carboxylic acids is 1. The molecule has 5 aliphatic carbocycles. The van der Waals surface area contributed by atoms with Gasteiger partial charge in [0.05, 0.1) is 11.5 Å². The maximum atomic E-state index is 12.8. The van der Waals surface area contributed by atoms with Gasteiger partial charge in [-0.05, 0) is 109 Å². The molecule has 0 spiro atoms. The van der Waals surface area contributed by atoms with Gasteiger partial charge in [0, 0.05) is 52.4 Å². The van der Waals surface area contributed by atoms with Crippen molar-refractivity contribution in [3.63, 3.8) is 0 Å². The van der Waals surface area contributed by atoms with Crippen LogP contribution in [-0.2, 0) is 4.79 Å². The van der Waals surface area contributed by atoms with Crippen LogP contribution in [0.4, 0.5) is 0 Å². The minimum Gasteiger partial charge on any atom is -0.481 e. The van der Waals surface area contributed by atoms with Gasteiger partial charge in [-0.15, -0.1) is 0 Å². The number of carboxylic acid groups (broad SMARTS) is 1. The molecule has 7 aliphatic rings. The fourth-order valence-corrected chi connectivity index (χ4v) is 11.8. The highest BCUT2D eigenvalue weighted by Crippen LogP contribution is 2.75. The lowest BCUT2D eigenvalue weighted by atomic mass is 9.33. The van der Waals surface area contributed by atoms with Gasteiger partial charge in [0.1, 0.15) is 0 Å². The summed E-state index contributed by atoms with van der Waals surface area (Å²) in [7, 11) is 0. The lowest BCUT2D eigenvalue weighted by molar-refractivity contribution is -0.205. The van der Waals surface area contributed by atoms with Crippen molar-refractivity contribution in [3.05, 3.63) is 11.6 Å². The number of piperazine rings is 2. The van der Waals surface area contributed by atoms with Crippen LogP contribution < -0.4 is 21.3 Å². The second-order valence-electron chi connectivity index (χ2n) is 18.1. The van der Waals surface area contributed by atoms with Crippen molar-refractivity contribution in [3.8, 4) is 0 Å². The van der Waals surface area contributed by atoms with Gasteiger partial charge in [0.25, 0.3) is 0 Å². The molecule has 0 aromatic rings. The van der Waals surface area contributed by atoms with Crippen molar-refractivity contribution in [2.75, 3.05) is 52.4 Å². The van der Waals surface area contributed by atoms with E-state index in [0.29, 0.717) is 11.8 Å². The molecule has 0 aromatic carbocycles. The Morgan fingerprint density at radius 3 is 1.76 bits per heavy atom. The summed E-state index contributed by atoms with van der Waals surface area (Å²) >= 11 is 0. The SMILES string of the molecule is C1CNCCN1.C1CNCCN1.CC1(C)CC[C@]2(C(=O)O)CC[C@]3(C)C(=CC[C@@H]4[C@@]5(C)CC[C@H](O)C(C)(C)[C@@H]5CC[C@]43C)[C@@H]2C1. The number of nitrogens with one attached hydrogen (secondary N) is 4. The first-order chi connectivity index (χ1) is 21.1. The summed E-state index contributed by atoms with van der Waals surface area (Å²) < 4.78 is 0. The Balaban J connectivity index is 0.000000277. The molecule has 7 rings (SSSR count). The molecule has 6 N–H and O–H groups in total. The number of aliphatic hydroxyl groups excluding tert-OH is 1. The van der Waals surface area contributed by atoms with Crippen LogP contribution in [-0.4, -0.2) is 74.6 Å². The van der Waals surface area contributed by atoms with Crippen LogP contribution >= 0.6 is 0 Å². The van der Waals surface area contributed by atoms with E-state index in [4.69, 9.17) is 0 Å². The van der Waals surface area contributed by atoms with Crippen molar-refractivity contribution < 1.29 is 15.0 Å². The Kier molecular flexibility index (Phi) is 10.3. The van der Waals surface area contributed by atoms with Crippen molar-refractivity contribution in [1.29, 1.82) is 0 Å². The number of fused-ring (bicyclic) bond motifs is 7. The maximum absolute atomic E-state index is 12.8. The number of aliphatic hydroxyl groups is 1. The van der Waals surface area contributed by atoms with Gasteiger partial charge >= 0.3 is 5.97 Å². The average Bonchev–Trinajstić information content (AvgIpc) is 3.01. The smallest absolute Gasteiger partial charge is 0.310 e. The molecule has 8 atom stereocenters. The van der Waals surface area contributed by atoms with E-state index in [1.54, 1.807) is 0 Å². The third-order valence-corrected chi connectivity index (χ3v) is 15.0. The molecule has 0 radical (unpaired) electrons. The zero-order valence-electron chi connectivity index (χ0n) is 29.9. The van der Waals surface area contributed by atoms with Gasteiger partial charge < -0.3 is 31.5 Å². The number of carboxylic acids is 1. The fourth-order valence-electron chi connectivity index (χ4n) is 11.8. The van der Waals surface area contributed by atoms with Crippen LogP contribution in [0.3, 0.4) is 0 Å². The van der Waals surface area contributed by atoms with Gasteiger partial charge in [0.15, 0.2) is 0 Å². The first kappa shape index (κ1) is 35.3. The zero-order chi connectivity index (χ0) is 32.7. The molecule has 2 aliphatic heterocycles. The zero-order valence-corrected chi connectivity index (χ0v) is 29.9. The van der Waals surface area contributed by atoms with Crippen LogP contribution in [0.25, 0.3) is 0 Å². The minimum atomic E-state index is -0.553. The van der Waals surface area contributed by atoms with E-state index in [-0.39, 0.29) is 39.1 Å². The third kappa shape index (κ3) is 6.20. The lowest BCUT2D eigenvalue weighted by Crippen LogP contribution is -2.65. The Labute approximate surface area is 274 Å². The molecule has 6 fully saturated rings. The summed E-state index contributed by atoms with van der Waals surface area (Å²) in [6.45, 7) is 26.1. The molecule has 0 amide bonds. The van der Waals surface area contributed by atoms with Gasteiger partial charge in [-0.3, -0.25) is 4.79 Å². The van der Waals surface area contributed by atoms with E-state index in [9.17, 15) is 15.0 Å². The Hall–Kier alpha value is -0.990. The molecule has 0 bridgehead atoms. The second kappa shape index (κ2) is 13.1. The molecule has 2 saturated heterocycles. The van der Waals surface area contributed by atoms with Crippen molar-refractivity contribution in [2.24, 2.45) is 50.2 Å². The fraction of sp³-hybridized carbons (Fsp3) is 0.921. The summed E-state index contributed by atoms with van der Waals surface area (Å²) in [6, 6.07) is 0. The maximum Gasteiger partial charge on any atom is 0.310 e. The van der Waals surface area contributed by atoms with E-state index in [1.165, 1.54) is 18.4 Å². The monoisotopic (exact) mass is 629 g/mol. The number of hydrogen-bond acceptors (Lipinski definition) is 6. The number of rotatable bonds is 1. The highest BCUT2D eigenvalue weighted by atomic mass is 16.4. The minimum absolute atomic E-state index is 0.0301. The number of carbonyl (C=O) groups is 1. The standard InChI is InChI=1S/C30H48O3.2C4H10N2/c1-25(2)14-16-30(24(32)33)17-15-28(6)19(20(30)18-25)8-9-22-27(5)12-11-23(31)26(3,4)21(27)10-13-29(22,28)7;2*1-2-6-4-3-5-1/h8,20-23,31H,9-18H2,1-7H3,(H,32,33);2*5-6H,1-4H2/t20-,21-,22+,23-,27-,28+,29+,30-;;/m0../s1. The molecule has 258 valence electrons. The highest BCUT2D eigenvalue weighted by Gasteiger charge is 2.69. The third-order valence-electron chi connectivity index (χ3n) is 15.0. The molecular formula is C38H68N4O3. The van der Waals surface area contributed by atoms with E-state index >= 15 is 0 Å². The molecule has 7 nitrogen and oxygen atoms in total. The van der Waals surface area contributed by atoms with Crippen molar-refractivity contribution >= 4 is 5.97 Å². The normalized spacial score (nSPS) is 44.8. The lowest BCUT2D eigenvalue weighted by Gasteiger charge is -2.71. The van der Waals surface area contributed by atoms with Crippen molar-refractivity contribution in [2.45, 2.75) is 119 Å². The average molecular weight is 629 g/mol. The van der Waals surface area contributed by atoms with Gasteiger partial charge in [-0.25, -0.2) is 0 Å². The molecule has 0 aromatic heterocycles. The summed E-state index contributed by atoms with van der Waals surface area (Å²) in [5.41, 5.74) is 1.68. The van der Waals surface area contributed by atoms with Gasteiger partial charge in [-0.2, -0.15) is 0 Å². The second-order valence-corrected chi connectivity index (χ2v) is 18.1. The quantitative estimate of drug-likeness (QED) is 0.210. The van der Waals surface area contributed by atoms with Crippen LogP contribution in [0.1, 0.15) is 113 Å². The Morgan fingerprint density at radius 2 is 1.24 bits per heavy atom. The molecule has 7 heteroatoms. The number of allylic oxidation sites excluding steroid dienone is 2. The van der Waals surface area contributed by atoms with Gasteiger partial charge in [-0.1, -0.05) is 60.1 Å². The topological polar surface area (TPSA) is 106 Å². The van der Waals surface area contributed by atoms with E-state index in [0.717, 1.165) is 104 Å². The van der Waals surface area contributed by atoms with E-state index in [2.05, 4.69) is 75.8 Å². The van der Waals surface area contributed by atoms with Crippen LogP contribution in [0.15, 0.2) is 11.6 Å². The van der Waals surface area contributed by atoms with Crippen LogP contribution in [0.2, 0.25) is 0 Å². The number of hydrogen-bond donors (Lipinski definition) is 6. The summed E-state index contributed by atoms with van der Waals surface area (Å²) in [5, 5.41) is 34.3.